The van der Waals surface area contributed by atoms with E-state index in [1.807, 2.05) is 13.8 Å². The molecule has 0 spiro atoms. The first-order valence-corrected chi connectivity index (χ1v) is 9.52. The average molecular weight is 336 g/mol. The molecule has 136 valence electrons. The predicted octanol–water partition coefficient (Wildman–Crippen LogP) is 4.14. The lowest BCUT2D eigenvalue weighted by Crippen LogP contribution is -2.50. The van der Waals surface area contributed by atoms with Gasteiger partial charge in [-0.25, -0.2) is 0 Å². The third kappa shape index (κ3) is 3.25. The number of carbonyl (C=O) groups is 2. The summed E-state index contributed by atoms with van der Waals surface area (Å²) in [5.41, 5.74) is -0.767. The Morgan fingerprint density at radius 1 is 1.08 bits per heavy atom. The van der Waals surface area contributed by atoms with Crippen LogP contribution < -0.4 is 0 Å². The maximum Gasteiger partial charge on any atom is 0.313 e. The highest BCUT2D eigenvalue weighted by Gasteiger charge is 2.65. The Balaban J connectivity index is 2.23. The van der Waals surface area contributed by atoms with E-state index in [2.05, 4.69) is 26.0 Å². The van der Waals surface area contributed by atoms with Gasteiger partial charge in [-0.15, -0.1) is 0 Å². The monoisotopic (exact) mass is 336 g/mol. The van der Waals surface area contributed by atoms with Crippen molar-refractivity contribution >= 4 is 11.9 Å². The van der Waals surface area contributed by atoms with Crippen molar-refractivity contribution in [1.29, 1.82) is 0 Å². The molecule has 0 heterocycles. The fraction of sp³-hybridized carbons (Fsp3) is 0.800. The summed E-state index contributed by atoms with van der Waals surface area (Å²) in [6.45, 7) is 9.07. The number of rotatable bonds is 9. The number of unbranched alkanes of at least 4 members (excludes halogenated alkanes) is 2. The Labute approximate surface area is 146 Å². The van der Waals surface area contributed by atoms with Gasteiger partial charge in [-0.1, -0.05) is 52.7 Å². The maximum atomic E-state index is 13.1. The summed E-state index contributed by atoms with van der Waals surface area (Å²) in [5.74, 6) is -0.610. The molecule has 2 rings (SSSR count). The van der Waals surface area contributed by atoms with E-state index in [1.54, 1.807) is 0 Å². The largest absolute Gasteiger partial charge is 0.465 e. The summed E-state index contributed by atoms with van der Waals surface area (Å²) in [4.78, 5) is 25.9. The van der Waals surface area contributed by atoms with Crippen molar-refractivity contribution in [1.82, 2.24) is 0 Å². The van der Waals surface area contributed by atoms with Crippen molar-refractivity contribution in [3.8, 4) is 0 Å². The molecule has 4 heteroatoms. The van der Waals surface area contributed by atoms with Crippen molar-refractivity contribution in [2.45, 2.75) is 59.8 Å². The van der Waals surface area contributed by atoms with E-state index in [-0.39, 0.29) is 29.7 Å². The zero-order valence-electron chi connectivity index (χ0n) is 15.5. The van der Waals surface area contributed by atoms with Gasteiger partial charge in [0.15, 0.2) is 0 Å². The molecule has 4 nitrogen and oxygen atoms in total. The second-order valence-electron chi connectivity index (χ2n) is 7.47. The molecule has 0 aliphatic heterocycles. The molecular formula is C20H32O4. The molecule has 24 heavy (non-hydrogen) atoms. The van der Waals surface area contributed by atoms with Crippen LogP contribution in [0.1, 0.15) is 59.8 Å². The third-order valence-corrected chi connectivity index (χ3v) is 5.71. The highest BCUT2D eigenvalue weighted by Crippen LogP contribution is 2.60. The number of fused-ring (bicyclic) bond motifs is 2. The van der Waals surface area contributed by atoms with Crippen molar-refractivity contribution in [3.63, 3.8) is 0 Å². The Bertz CT molecular complexity index is 482. The van der Waals surface area contributed by atoms with E-state index < -0.39 is 11.3 Å². The van der Waals surface area contributed by atoms with Crippen LogP contribution in [-0.2, 0) is 19.1 Å². The first-order valence-electron chi connectivity index (χ1n) is 9.52. The minimum Gasteiger partial charge on any atom is -0.465 e. The van der Waals surface area contributed by atoms with Gasteiger partial charge in [0.1, 0.15) is 0 Å². The summed E-state index contributed by atoms with van der Waals surface area (Å²) in [7, 11) is 0. The molecule has 2 aliphatic carbocycles. The van der Waals surface area contributed by atoms with Crippen LogP contribution in [0.5, 0.6) is 0 Å². The lowest BCUT2D eigenvalue weighted by atomic mass is 9.62. The van der Waals surface area contributed by atoms with Gasteiger partial charge in [-0.3, -0.25) is 9.59 Å². The molecule has 1 saturated carbocycles. The van der Waals surface area contributed by atoms with E-state index in [9.17, 15) is 9.59 Å². The third-order valence-electron chi connectivity index (χ3n) is 5.71. The van der Waals surface area contributed by atoms with E-state index in [0.717, 1.165) is 32.1 Å². The van der Waals surface area contributed by atoms with Crippen LogP contribution in [0.4, 0.5) is 0 Å². The zero-order chi connectivity index (χ0) is 17.7. The molecule has 0 aromatic heterocycles. The molecule has 0 aromatic carbocycles. The molecule has 0 N–H and O–H groups in total. The SMILES string of the molecule is CCCCOC(=O)C1C2C=CC(C2)C1(C(=O)OCCCC)C(C)C. The van der Waals surface area contributed by atoms with Gasteiger partial charge in [-0.2, -0.15) is 0 Å². The molecule has 0 amide bonds. The van der Waals surface area contributed by atoms with Crippen molar-refractivity contribution in [2.24, 2.45) is 29.1 Å². The Morgan fingerprint density at radius 2 is 1.71 bits per heavy atom. The van der Waals surface area contributed by atoms with Crippen molar-refractivity contribution in [2.75, 3.05) is 13.2 Å². The number of allylic oxidation sites excluding steroid dienone is 2. The summed E-state index contributed by atoms with van der Waals surface area (Å²) >= 11 is 0. The van der Waals surface area contributed by atoms with Crippen molar-refractivity contribution < 1.29 is 19.1 Å². The second kappa shape index (κ2) is 8.17. The van der Waals surface area contributed by atoms with E-state index >= 15 is 0 Å². The molecule has 2 aliphatic rings. The summed E-state index contributed by atoms with van der Waals surface area (Å²) < 4.78 is 11.1. The molecule has 4 atom stereocenters. The van der Waals surface area contributed by atoms with E-state index in [0.29, 0.717) is 13.2 Å². The standard InChI is InChI=1S/C20H32O4/c1-5-7-11-23-18(21)17-15-9-10-16(13-15)20(17,14(3)4)19(22)24-12-8-6-2/h9-10,14-17H,5-8,11-13H2,1-4H3. The van der Waals surface area contributed by atoms with Crippen LogP contribution >= 0.6 is 0 Å². The number of esters is 2. The molecule has 0 aromatic rings. The van der Waals surface area contributed by atoms with Gasteiger partial charge in [0.05, 0.1) is 24.5 Å². The fourth-order valence-corrected chi connectivity index (χ4v) is 4.43. The summed E-state index contributed by atoms with van der Waals surface area (Å²) in [5, 5.41) is 0. The Kier molecular flexibility index (Phi) is 6.47. The molecule has 0 saturated heterocycles. The quantitative estimate of drug-likeness (QED) is 0.361. The Hall–Kier alpha value is -1.32. The van der Waals surface area contributed by atoms with Gasteiger partial charge in [-0.05, 0) is 37.0 Å². The molecule has 0 radical (unpaired) electrons. The second-order valence-corrected chi connectivity index (χ2v) is 7.47. The van der Waals surface area contributed by atoms with Crippen LogP contribution in [0.3, 0.4) is 0 Å². The normalized spacial score (nSPS) is 30.8. The fourth-order valence-electron chi connectivity index (χ4n) is 4.43. The van der Waals surface area contributed by atoms with Crippen LogP contribution in [0.25, 0.3) is 0 Å². The smallest absolute Gasteiger partial charge is 0.313 e. The summed E-state index contributed by atoms with van der Waals surface area (Å²) in [6.07, 6.45) is 8.74. The number of ether oxygens (including phenoxy) is 2. The van der Waals surface area contributed by atoms with Crippen LogP contribution in [0.2, 0.25) is 0 Å². The highest BCUT2D eigenvalue weighted by molar-refractivity contribution is 5.88. The van der Waals surface area contributed by atoms with E-state index in [4.69, 9.17) is 9.47 Å². The first-order chi connectivity index (χ1) is 11.5. The van der Waals surface area contributed by atoms with Gasteiger partial charge in [0, 0.05) is 0 Å². The maximum absolute atomic E-state index is 13.1. The zero-order valence-corrected chi connectivity index (χ0v) is 15.5. The number of hydrogen-bond donors (Lipinski definition) is 0. The predicted molar refractivity (Wildman–Crippen MR) is 93.2 cm³/mol. The molecular weight excluding hydrogens is 304 g/mol. The lowest BCUT2D eigenvalue weighted by molar-refractivity contribution is -0.175. The topological polar surface area (TPSA) is 52.6 Å². The Morgan fingerprint density at radius 3 is 2.29 bits per heavy atom. The minimum atomic E-state index is -0.767. The number of hydrogen-bond acceptors (Lipinski definition) is 4. The van der Waals surface area contributed by atoms with Crippen LogP contribution in [-0.4, -0.2) is 25.2 Å². The van der Waals surface area contributed by atoms with Gasteiger partial charge < -0.3 is 9.47 Å². The first kappa shape index (κ1) is 19.0. The molecule has 4 unspecified atom stereocenters. The van der Waals surface area contributed by atoms with Gasteiger partial charge >= 0.3 is 11.9 Å². The molecule has 1 fully saturated rings. The van der Waals surface area contributed by atoms with E-state index in [1.165, 1.54) is 0 Å². The number of carbonyl (C=O) groups excluding carboxylic acids is 2. The van der Waals surface area contributed by atoms with Crippen LogP contribution in [0, 0.1) is 29.1 Å². The minimum absolute atomic E-state index is 0.0373. The average Bonchev–Trinajstić information content (AvgIpc) is 3.14. The van der Waals surface area contributed by atoms with Crippen molar-refractivity contribution in [3.05, 3.63) is 12.2 Å². The van der Waals surface area contributed by atoms with Gasteiger partial charge in [0.25, 0.3) is 0 Å². The van der Waals surface area contributed by atoms with Crippen LogP contribution in [0.15, 0.2) is 12.2 Å². The summed E-state index contributed by atoms with van der Waals surface area (Å²) in [6, 6.07) is 0. The molecule has 2 bridgehead atoms. The lowest BCUT2D eigenvalue weighted by Gasteiger charge is -2.41. The highest BCUT2D eigenvalue weighted by atomic mass is 16.5. The van der Waals surface area contributed by atoms with Gasteiger partial charge in [0.2, 0.25) is 0 Å².